The fourth-order valence-corrected chi connectivity index (χ4v) is 2.30. The molecule has 0 radical (unpaired) electrons. The zero-order valence-corrected chi connectivity index (χ0v) is 12.9. The van der Waals surface area contributed by atoms with Crippen LogP contribution < -0.4 is 10.2 Å². The molecular weight excluding hydrogens is 244 g/mol. The van der Waals surface area contributed by atoms with E-state index in [2.05, 4.69) is 56.2 Å². The largest absolute Gasteiger partial charge is 0.374 e. The van der Waals surface area contributed by atoms with Gasteiger partial charge in [-0.25, -0.2) is 0 Å². The molecule has 1 rings (SSSR count). The SMILES string of the molecule is CCC(C)CN(C)c1ccc(C(C)NC)c(Cl)c1. The number of nitrogens with one attached hydrogen (secondary N) is 1. The first kappa shape index (κ1) is 15.3. The van der Waals surface area contributed by atoms with Crippen LogP contribution in [0.15, 0.2) is 18.2 Å². The molecule has 1 N–H and O–H groups in total. The zero-order chi connectivity index (χ0) is 13.7. The van der Waals surface area contributed by atoms with Gasteiger partial charge in [0.2, 0.25) is 0 Å². The van der Waals surface area contributed by atoms with Crippen LogP contribution in [0.25, 0.3) is 0 Å². The lowest BCUT2D eigenvalue weighted by Crippen LogP contribution is -2.23. The first-order chi connectivity index (χ1) is 8.49. The van der Waals surface area contributed by atoms with Crippen molar-refractivity contribution in [2.24, 2.45) is 5.92 Å². The molecule has 0 aliphatic carbocycles. The third-order valence-corrected chi connectivity index (χ3v) is 3.93. The summed E-state index contributed by atoms with van der Waals surface area (Å²) in [7, 11) is 4.07. The molecule has 2 unspecified atom stereocenters. The van der Waals surface area contributed by atoms with Gasteiger partial charge in [0.1, 0.15) is 0 Å². The van der Waals surface area contributed by atoms with Gasteiger partial charge in [0.05, 0.1) is 0 Å². The monoisotopic (exact) mass is 268 g/mol. The minimum atomic E-state index is 0.284. The molecule has 18 heavy (non-hydrogen) atoms. The molecule has 1 aromatic rings. The maximum Gasteiger partial charge on any atom is 0.0474 e. The molecule has 0 saturated carbocycles. The lowest BCUT2D eigenvalue weighted by atomic mass is 10.1. The van der Waals surface area contributed by atoms with Gasteiger partial charge in [0, 0.05) is 30.3 Å². The first-order valence-electron chi connectivity index (χ1n) is 6.67. The highest BCUT2D eigenvalue weighted by Crippen LogP contribution is 2.27. The summed E-state index contributed by atoms with van der Waals surface area (Å²) in [4.78, 5) is 2.27. The van der Waals surface area contributed by atoms with Crippen molar-refractivity contribution in [1.82, 2.24) is 5.32 Å². The minimum Gasteiger partial charge on any atom is -0.374 e. The van der Waals surface area contributed by atoms with Gasteiger partial charge in [0.15, 0.2) is 0 Å². The van der Waals surface area contributed by atoms with Crippen LogP contribution in [-0.2, 0) is 0 Å². The Kier molecular flexibility index (Phi) is 5.97. The van der Waals surface area contributed by atoms with E-state index in [1.165, 1.54) is 12.1 Å². The number of rotatable bonds is 6. The predicted molar refractivity (Wildman–Crippen MR) is 81.7 cm³/mol. The molecule has 102 valence electrons. The van der Waals surface area contributed by atoms with Crippen molar-refractivity contribution in [3.8, 4) is 0 Å². The third-order valence-electron chi connectivity index (χ3n) is 3.61. The van der Waals surface area contributed by atoms with E-state index in [1.54, 1.807) is 0 Å². The Labute approximate surface area is 116 Å². The van der Waals surface area contributed by atoms with Gasteiger partial charge in [-0.05, 0) is 37.6 Å². The maximum absolute atomic E-state index is 6.35. The highest BCUT2D eigenvalue weighted by Gasteiger charge is 2.11. The molecule has 0 bridgehead atoms. The van der Waals surface area contributed by atoms with E-state index in [0.29, 0.717) is 5.92 Å². The highest BCUT2D eigenvalue weighted by atomic mass is 35.5. The Morgan fingerprint density at radius 1 is 1.33 bits per heavy atom. The number of benzene rings is 1. The molecule has 0 aliphatic heterocycles. The van der Waals surface area contributed by atoms with Crippen LogP contribution in [-0.4, -0.2) is 20.6 Å². The Morgan fingerprint density at radius 2 is 2.00 bits per heavy atom. The van der Waals surface area contributed by atoms with Crippen LogP contribution in [0.5, 0.6) is 0 Å². The van der Waals surface area contributed by atoms with Crippen molar-refractivity contribution in [3.63, 3.8) is 0 Å². The second-order valence-corrected chi connectivity index (χ2v) is 5.52. The number of nitrogens with zero attached hydrogens (tertiary/aromatic N) is 1. The molecule has 0 spiro atoms. The van der Waals surface area contributed by atoms with Gasteiger partial charge < -0.3 is 10.2 Å². The zero-order valence-electron chi connectivity index (χ0n) is 12.1. The summed E-state index contributed by atoms with van der Waals surface area (Å²) in [5.74, 6) is 0.699. The molecule has 0 aliphatic rings. The Balaban J connectivity index is 2.83. The van der Waals surface area contributed by atoms with E-state index in [0.717, 1.165) is 17.1 Å². The maximum atomic E-state index is 6.35. The van der Waals surface area contributed by atoms with Crippen molar-refractivity contribution in [1.29, 1.82) is 0 Å². The minimum absolute atomic E-state index is 0.284. The number of halogens is 1. The summed E-state index contributed by atoms with van der Waals surface area (Å²) in [6.45, 7) is 7.68. The average Bonchev–Trinajstić information content (AvgIpc) is 2.37. The summed E-state index contributed by atoms with van der Waals surface area (Å²) in [6.07, 6.45) is 1.20. The topological polar surface area (TPSA) is 15.3 Å². The van der Waals surface area contributed by atoms with Crippen molar-refractivity contribution in [2.75, 3.05) is 25.5 Å². The summed E-state index contributed by atoms with van der Waals surface area (Å²) < 4.78 is 0. The summed E-state index contributed by atoms with van der Waals surface area (Å²) >= 11 is 6.35. The molecule has 0 saturated heterocycles. The van der Waals surface area contributed by atoms with Crippen LogP contribution in [0.1, 0.15) is 38.8 Å². The quantitative estimate of drug-likeness (QED) is 0.836. The van der Waals surface area contributed by atoms with Crippen LogP contribution in [0.2, 0.25) is 5.02 Å². The lowest BCUT2D eigenvalue weighted by Gasteiger charge is -2.24. The lowest BCUT2D eigenvalue weighted by molar-refractivity contribution is 0.560. The van der Waals surface area contributed by atoms with Gasteiger partial charge in [-0.3, -0.25) is 0 Å². The van der Waals surface area contributed by atoms with Gasteiger partial charge in [-0.1, -0.05) is 37.9 Å². The molecular formula is C15H25ClN2. The fourth-order valence-electron chi connectivity index (χ4n) is 1.96. The second-order valence-electron chi connectivity index (χ2n) is 5.11. The van der Waals surface area contributed by atoms with Gasteiger partial charge in [-0.15, -0.1) is 0 Å². The molecule has 1 aromatic carbocycles. The van der Waals surface area contributed by atoms with Crippen LogP contribution in [0.4, 0.5) is 5.69 Å². The molecule has 2 atom stereocenters. The predicted octanol–water partition coefficient (Wildman–Crippen LogP) is 4.10. The van der Waals surface area contributed by atoms with Crippen molar-refractivity contribution in [3.05, 3.63) is 28.8 Å². The fraction of sp³-hybridized carbons (Fsp3) is 0.600. The van der Waals surface area contributed by atoms with Crippen molar-refractivity contribution < 1.29 is 0 Å². The molecule has 2 nitrogen and oxygen atoms in total. The normalized spacial score (nSPS) is 14.3. The second kappa shape index (κ2) is 7.01. The Hall–Kier alpha value is -0.730. The van der Waals surface area contributed by atoms with Crippen molar-refractivity contribution in [2.45, 2.75) is 33.2 Å². The first-order valence-corrected chi connectivity index (χ1v) is 7.05. The molecule has 0 heterocycles. The van der Waals surface area contributed by atoms with Crippen LogP contribution in [0.3, 0.4) is 0 Å². The van der Waals surface area contributed by atoms with Gasteiger partial charge in [-0.2, -0.15) is 0 Å². The van der Waals surface area contributed by atoms with E-state index in [4.69, 9.17) is 11.6 Å². The van der Waals surface area contributed by atoms with Crippen molar-refractivity contribution >= 4 is 17.3 Å². The molecule has 0 amide bonds. The average molecular weight is 269 g/mol. The van der Waals surface area contributed by atoms with E-state index in [9.17, 15) is 0 Å². The van der Waals surface area contributed by atoms with E-state index in [1.807, 2.05) is 7.05 Å². The number of hydrogen-bond acceptors (Lipinski definition) is 2. The number of hydrogen-bond donors (Lipinski definition) is 1. The van der Waals surface area contributed by atoms with Gasteiger partial charge in [0.25, 0.3) is 0 Å². The Morgan fingerprint density at radius 3 is 2.50 bits per heavy atom. The van der Waals surface area contributed by atoms with Crippen LogP contribution in [0, 0.1) is 5.92 Å². The summed E-state index contributed by atoms with van der Waals surface area (Å²) in [5, 5.41) is 4.05. The smallest absolute Gasteiger partial charge is 0.0474 e. The molecule has 0 aromatic heterocycles. The van der Waals surface area contributed by atoms with E-state index < -0.39 is 0 Å². The molecule has 0 fully saturated rings. The molecule has 3 heteroatoms. The van der Waals surface area contributed by atoms with E-state index >= 15 is 0 Å². The van der Waals surface area contributed by atoms with E-state index in [-0.39, 0.29) is 6.04 Å². The standard InChI is InChI=1S/C15H25ClN2/c1-6-11(2)10-18(5)13-7-8-14(12(3)17-4)15(16)9-13/h7-9,11-12,17H,6,10H2,1-5H3. The Bertz CT molecular complexity index is 379. The van der Waals surface area contributed by atoms with Crippen LogP contribution >= 0.6 is 11.6 Å². The highest BCUT2D eigenvalue weighted by molar-refractivity contribution is 6.31. The third kappa shape index (κ3) is 3.89. The summed E-state index contributed by atoms with van der Waals surface area (Å²) in [6, 6.07) is 6.61. The summed E-state index contributed by atoms with van der Waals surface area (Å²) in [5.41, 5.74) is 2.34. The van der Waals surface area contributed by atoms with Gasteiger partial charge >= 0.3 is 0 Å². The number of anilines is 1.